The first-order valence-corrected chi connectivity index (χ1v) is 9.82. The van der Waals surface area contributed by atoms with Crippen molar-refractivity contribution < 1.29 is 14.4 Å². The van der Waals surface area contributed by atoms with Crippen LogP contribution in [-0.2, 0) is 22.7 Å². The fourth-order valence-electron chi connectivity index (χ4n) is 5.03. The summed E-state index contributed by atoms with van der Waals surface area (Å²) in [4.78, 5) is 40.7. The van der Waals surface area contributed by atoms with Gasteiger partial charge in [0.05, 0.1) is 0 Å². The molecular weight excluding hydrogens is 344 g/mol. The van der Waals surface area contributed by atoms with Gasteiger partial charge in [0.1, 0.15) is 6.04 Å². The Balaban J connectivity index is 1.35. The fourth-order valence-corrected chi connectivity index (χ4v) is 5.03. The summed E-state index contributed by atoms with van der Waals surface area (Å²) in [5.74, 6) is 0.0918. The Labute approximate surface area is 158 Å². The normalized spacial score (nSPS) is 30.6. The summed E-state index contributed by atoms with van der Waals surface area (Å²) in [7, 11) is 0. The van der Waals surface area contributed by atoms with Crippen molar-refractivity contribution >= 4 is 17.7 Å². The van der Waals surface area contributed by atoms with Crippen molar-refractivity contribution in [1.82, 2.24) is 20.4 Å². The van der Waals surface area contributed by atoms with Crippen molar-refractivity contribution in [2.75, 3.05) is 19.6 Å². The van der Waals surface area contributed by atoms with Crippen LogP contribution in [0.5, 0.6) is 0 Å². The lowest BCUT2D eigenvalue weighted by atomic mass is 9.82. The van der Waals surface area contributed by atoms with E-state index >= 15 is 0 Å². The number of likely N-dealkylation sites (tertiary alicyclic amines) is 1. The average molecular weight is 368 g/mol. The van der Waals surface area contributed by atoms with Crippen molar-refractivity contribution in [3.05, 3.63) is 34.9 Å². The van der Waals surface area contributed by atoms with Gasteiger partial charge in [-0.3, -0.25) is 24.6 Å². The first-order chi connectivity index (χ1) is 13.1. The van der Waals surface area contributed by atoms with Crippen molar-refractivity contribution in [3.63, 3.8) is 0 Å². The van der Waals surface area contributed by atoms with Crippen molar-refractivity contribution in [3.8, 4) is 0 Å². The van der Waals surface area contributed by atoms with Crippen LogP contribution in [0.4, 0.5) is 0 Å². The molecule has 3 amide bonds. The van der Waals surface area contributed by atoms with E-state index in [4.69, 9.17) is 0 Å². The van der Waals surface area contributed by atoms with Crippen LogP contribution < -0.4 is 10.6 Å². The zero-order valence-corrected chi connectivity index (χ0v) is 15.2. The fraction of sp³-hybridized carbons (Fsp3) is 0.550. The first kappa shape index (κ1) is 16.9. The Bertz CT molecular complexity index is 823. The van der Waals surface area contributed by atoms with E-state index < -0.39 is 6.04 Å². The van der Waals surface area contributed by atoms with Gasteiger partial charge in [-0.25, -0.2) is 0 Å². The predicted octanol–water partition coefficient (Wildman–Crippen LogP) is 0.241. The molecule has 7 heteroatoms. The maximum Gasteiger partial charge on any atom is 0.255 e. The third kappa shape index (κ3) is 2.76. The molecule has 4 aliphatic rings. The molecule has 3 fully saturated rings. The van der Waals surface area contributed by atoms with Gasteiger partial charge in [-0.1, -0.05) is 12.1 Å². The van der Waals surface area contributed by atoms with Crippen LogP contribution in [0.2, 0.25) is 0 Å². The Hall–Kier alpha value is -2.25. The number of hydrogen-bond acceptors (Lipinski definition) is 5. The van der Waals surface area contributed by atoms with Crippen molar-refractivity contribution in [2.45, 2.75) is 44.4 Å². The van der Waals surface area contributed by atoms with Crippen LogP contribution >= 0.6 is 0 Å². The number of amides is 3. The van der Waals surface area contributed by atoms with Crippen molar-refractivity contribution in [2.24, 2.45) is 5.92 Å². The minimum Gasteiger partial charge on any atom is -0.322 e. The third-order valence-electron chi connectivity index (χ3n) is 6.58. The van der Waals surface area contributed by atoms with Gasteiger partial charge < -0.3 is 10.2 Å². The number of carbonyl (C=O) groups excluding carboxylic acids is 3. The molecule has 4 aliphatic heterocycles. The highest BCUT2D eigenvalue weighted by molar-refractivity contribution is 6.05. The van der Waals surface area contributed by atoms with Crippen LogP contribution in [-0.4, -0.2) is 59.2 Å². The van der Waals surface area contributed by atoms with Gasteiger partial charge in [-0.15, -0.1) is 0 Å². The van der Waals surface area contributed by atoms with Crippen LogP contribution in [0.1, 0.15) is 40.7 Å². The third-order valence-corrected chi connectivity index (χ3v) is 6.58. The Morgan fingerprint density at radius 2 is 2.04 bits per heavy atom. The Morgan fingerprint density at radius 3 is 2.85 bits per heavy atom. The molecule has 7 nitrogen and oxygen atoms in total. The zero-order valence-electron chi connectivity index (χ0n) is 15.2. The second kappa shape index (κ2) is 6.42. The predicted molar refractivity (Wildman–Crippen MR) is 97.7 cm³/mol. The minimum absolute atomic E-state index is 0.0952. The summed E-state index contributed by atoms with van der Waals surface area (Å²) in [5, 5.41) is 5.84. The smallest absolute Gasteiger partial charge is 0.255 e. The molecule has 1 aromatic carbocycles. The summed E-state index contributed by atoms with van der Waals surface area (Å²) in [6, 6.07) is 5.94. The van der Waals surface area contributed by atoms with E-state index in [0.29, 0.717) is 24.6 Å². The highest BCUT2D eigenvalue weighted by Crippen LogP contribution is 2.34. The second-order valence-electron chi connectivity index (χ2n) is 8.09. The van der Waals surface area contributed by atoms with Gasteiger partial charge in [0.2, 0.25) is 11.8 Å². The monoisotopic (exact) mass is 368 g/mol. The lowest BCUT2D eigenvalue weighted by Crippen LogP contribution is -2.62. The largest absolute Gasteiger partial charge is 0.322 e. The molecule has 5 rings (SSSR count). The number of piperidine rings is 2. The molecular formula is C20H24N4O3. The summed E-state index contributed by atoms with van der Waals surface area (Å²) in [6.07, 6.45) is 1.93. The number of carbonyl (C=O) groups is 3. The molecule has 0 aliphatic carbocycles. The average Bonchev–Trinajstić information content (AvgIpc) is 2.97. The number of nitrogens with one attached hydrogen (secondary N) is 2. The van der Waals surface area contributed by atoms with Crippen LogP contribution in [0, 0.1) is 5.92 Å². The molecule has 27 heavy (non-hydrogen) atoms. The topological polar surface area (TPSA) is 81.8 Å². The highest BCUT2D eigenvalue weighted by Gasteiger charge is 2.42. The number of benzene rings is 1. The number of rotatable bonds is 3. The van der Waals surface area contributed by atoms with Gasteiger partial charge in [0.25, 0.3) is 5.91 Å². The number of fused-ring (bicyclic) bond motifs is 2. The maximum atomic E-state index is 12.9. The molecule has 3 unspecified atom stereocenters. The molecule has 3 atom stereocenters. The second-order valence-corrected chi connectivity index (χ2v) is 8.09. The molecule has 0 bridgehead atoms. The summed E-state index contributed by atoms with van der Waals surface area (Å²) >= 11 is 0. The zero-order chi connectivity index (χ0) is 18.5. The Morgan fingerprint density at radius 1 is 1.15 bits per heavy atom. The number of nitrogens with zero attached hydrogens (tertiary/aromatic N) is 2. The molecule has 4 heterocycles. The van der Waals surface area contributed by atoms with E-state index in [9.17, 15) is 14.4 Å². The van der Waals surface area contributed by atoms with Gasteiger partial charge in [-0.05, 0) is 42.5 Å². The van der Waals surface area contributed by atoms with E-state index in [2.05, 4.69) is 21.6 Å². The summed E-state index contributed by atoms with van der Waals surface area (Å²) in [5.41, 5.74) is 2.93. The standard InChI is InChI=1S/C20H24N4O3/c25-18-5-4-16(19(26)22-18)24-11-15-12(2-1-3-14(15)20(24)27)9-23-10-13-6-7-21-8-17(13)23/h1-3,13,16-17,21H,4-11H2,(H,22,25,26). The molecule has 1 aromatic rings. The SMILES string of the molecule is O=C1CCC(N2Cc3c(CN4CC5CCNCC54)cccc3C2=O)C(=O)N1. The van der Waals surface area contributed by atoms with E-state index in [1.165, 1.54) is 12.0 Å². The van der Waals surface area contributed by atoms with E-state index in [-0.39, 0.29) is 24.1 Å². The molecule has 0 radical (unpaired) electrons. The minimum atomic E-state index is -0.550. The van der Waals surface area contributed by atoms with Crippen molar-refractivity contribution in [1.29, 1.82) is 0 Å². The summed E-state index contributed by atoms with van der Waals surface area (Å²) < 4.78 is 0. The van der Waals surface area contributed by atoms with Crippen LogP contribution in [0.3, 0.4) is 0 Å². The molecule has 0 spiro atoms. The van der Waals surface area contributed by atoms with E-state index in [1.54, 1.807) is 4.90 Å². The molecule has 3 saturated heterocycles. The summed E-state index contributed by atoms with van der Waals surface area (Å²) in [6.45, 7) is 4.59. The van der Waals surface area contributed by atoms with Crippen LogP contribution in [0.15, 0.2) is 18.2 Å². The molecule has 0 saturated carbocycles. The van der Waals surface area contributed by atoms with E-state index in [0.717, 1.165) is 37.7 Å². The van der Waals surface area contributed by atoms with Gasteiger partial charge in [0, 0.05) is 44.2 Å². The number of imide groups is 1. The number of hydrogen-bond donors (Lipinski definition) is 2. The molecule has 142 valence electrons. The van der Waals surface area contributed by atoms with Crippen LogP contribution in [0.25, 0.3) is 0 Å². The highest BCUT2D eigenvalue weighted by atomic mass is 16.2. The lowest BCUT2D eigenvalue weighted by Gasteiger charge is -2.51. The quantitative estimate of drug-likeness (QED) is 0.747. The first-order valence-electron chi connectivity index (χ1n) is 9.82. The Kier molecular flexibility index (Phi) is 4.02. The van der Waals surface area contributed by atoms with E-state index in [1.807, 2.05) is 12.1 Å². The van der Waals surface area contributed by atoms with Gasteiger partial charge in [0.15, 0.2) is 0 Å². The van der Waals surface area contributed by atoms with Gasteiger partial charge >= 0.3 is 0 Å². The lowest BCUT2D eigenvalue weighted by molar-refractivity contribution is -0.136. The van der Waals surface area contributed by atoms with Gasteiger partial charge in [-0.2, -0.15) is 0 Å². The maximum absolute atomic E-state index is 12.9. The molecule has 0 aromatic heterocycles. The molecule has 2 N–H and O–H groups in total.